The predicted molar refractivity (Wildman–Crippen MR) is 101 cm³/mol. The minimum absolute atomic E-state index is 0.0420. The van der Waals surface area contributed by atoms with Gasteiger partial charge in [0.1, 0.15) is 0 Å². The number of hydrogen-bond acceptors (Lipinski definition) is 7. The Bertz CT molecular complexity index is 863. The summed E-state index contributed by atoms with van der Waals surface area (Å²) in [5, 5.41) is 0. The Morgan fingerprint density at radius 3 is 2.25 bits per heavy atom. The van der Waals surface area contributed by atoms with Gasteiger partial charge in [0.25, 0.3) is 0 Å². The number of fused-ring (bicyclic) bond motifs is 1. The number of benzene rings is 1. The van der Waals surface area contributed by atoms with Gasteiger partial charge in [-0.15, -0.1) is 11.6 Å². The van der Waals surface area contributed by atoms with Crippen molar-refractivity contribution < 1.29 is 33.0 Å². The lowest BCUT2D eigenvalue weighted by Gasteiger charge is -2.34. The van der Waals surface area contributed by atoms with Gasteiger partial charge in [0.05, 0.1) is 46.5 Å². The fraction of sp³-hybridized carbons (Fsp3) is 0.400. The molecule has 3 atom stereocenters. The fourth-order valence-corrected chi connectivity index (χ4v) is 4.12. The average Bonchev–Trinajstić information content (AvgIpc) is 3.21. The molecular weight excluding hydrogens is 388 g/mol. The van der Waals surface area contributed by atoms with Crippen molar-refractivity contribution in [2.45, 2.75) is 5.92 Å². The van der Waals surface area contributed by atoms with Crippen LogP contribution in [0.15, 0.2) is 28.9 Å². The summed E-state index contributed by atoms with van der Waals surface area (Å²) in [5.74, 6) is -1.51. The van der Waals surface area contributed by atoms with Crippen LogP contribution in [-0.4, -0.2) is 46.1 Å². The first-order valence-corrected chi connectivity index (χ1v) is 9.11. The molecule has 2 aromatic rings. The first kappa shape index (κ1) is 20.1. The smallest absolute Gasteiger partial charge is 0.310 e. The average molecular weight is 409 g/mol. The van der Waals surface area contributed by atoms with Gasteiger partial charge < -0.3 is 23.4 Å². The number of halogens is 1. The minimum atomic E-state index is -0.817. The molecule has 1 aromatic heterocycles. The number of ketones is 1. The van der Waals surface area contributed by atoms with E-state index in [1.807, 2.05) is 0 Å². The SMILES string of the molecule is COC(=O)C1C(CCl)C(=O)c2occc2C1c1cc(OC)c(OC)c(OC)c1. The standard InChI is InChI=1S/C20H21ClO7/c1-24-13-7-10(8-14(25-2)19(13)26-3)15-11-5-6-28-18(11)17(22)12(9-21)16(15)20(23)27-4/h5-8,12,15-16H,9H2,1-4H3. The topological polar surface area (TPSA) is 84.2 Å². The second-order valence-corrected chi connectivity index (χ2v) is 6.62. The van der Waals surface area contributed by atoms with Crippen LogP contribution in [0, 0.1) is 11.8 Å². The highest BCUT2D eigenvalue weighted by atomic mass is 35.5. The first-order valence-electron chi connectivity index (χ1n) is 8.57. The van der Waals surface area contributed by atoms with Crippen LogP contribution in [0.5, 0.6) is 17.2 Å². The summed E-state index contributed by atoms with van der Waals surface area (Å²) >= 11 is 6.08. The van der Waals surface area contributed by atoms with E-state index in [9.17, 15) is 9.59 Å². The number of rotatable bonds is 6. The Morgan fingerprint density at radius 2 is 1.75 bits per heavy atom. The second kappa shape index (κ2) is 8.14. The van der Waals surface area contributed by atoms with Crippen LogP contribution in [0.1, 0.15) is 27.6 Å². The van der Waals surface area contributed by atoms with E-state index in [-0.39, 0.29) is 17.4 Å². The molecule has 3 unspecified atom stereocenters. The highest BCUT2D eigenvalue weighted by Gasteiger charge is 2.49. The largest absolute Gasteiger partial charge is 0.493 e. The zero-order chi connectivity index (χ0) is 20.4. The second-order valence-electron chi connectivity index (χ2n) is 6.32. The lowest BCUT2D eigenvalue weighted by Crippen LogP contribution is -2.41. The molecule has 8 heteroatoms. The molecule has 0 amide bonds. The van der Waals surface area contributed by atoms with Crippen LogP contribution >= 0.6 is 11.6 Å². The summed E-state index contributed by atoms with van der Waals surface area (Å²) in [7, 11) is 5.81. The van der Waals surface area contributed by atoms with E-state index in [0.29, 0.717) is 28.4 Å². The molecule has 1 aliphatic rings. The number of carbonyl (C=O) groups excluding carboxylic acids is 2. The van der Waals surface area contributed by atoms with Gasteiger partial charge in [-0.25, -0.2) is 0 Å². The van der Waals surface area contributed by atoms with Gasteiger partial charge >= 0.3 is 5.97 Å². The van der Waals surface area contributed by atoms with Crippen molar-refractivity contribution in [1.29, 1.82) is 0 Å². The molecule has 0 N–H and O–H groups in total. The molecule has 1 heterocycles. The van der Waals surface area contributed by atoms with Crippen LogP contribution in [0.25, 0.3) is 0 Å². The molecular formula is C20H21ClO7. The molecule has 28 heavy (non-hydrogen) atoms. The van der Waals surface area contributed by atoms with Crippen LogP contribution in [0.3, 0.4) is 0 Å². The summed E-state index contributed by atoms with van der Waals surface area (Å²) in [6, 6.07) is 5.18. The van der Waals surface area contributed by atoms with Crippen LogP contribution < -0.4 is 14.2 Å². The van der Waals surface area contributed by atoms with Crippen molar-refractivity contribution in [3.8, 4) is 17.2 Å². The highest BCUT2D eigenvalue weighted by molar-refractivity contribution is 6.20. The third-order valence-electron chi connectivity index (χ3n) is 5.07. The van der Waals surface area contributed by atoms with Crippen LogP contribution in [0.4, 0.5) is 0 Å². The molecule has 0 saturated carbocycles. The Labute approximate surface area is 167 Å². The van der Waals surface area contributed by atoms with Crippen molar-refractivity contribution in [2.75, 3.05) is 34.3 Å². The molecule has 0 aliphatic heterocycles. The predicted octanol–water partition coefficient (Wildman–Crippen LogP) is 3.28. The van der Waals surface area contributed by atoms with E-state index in [0.717, 1.165) is 0 Å². The third kappa shape index (κ3) is 3.09. The van der Waals surface area contributed by atoms with E-state index in [1.54, 1.807) is 18.2 Å². The van der Waals surface area contributed by atoms with Gasteiger partial charge in [0, 0.05) is 17.4 Å². The quantitative estimate of drug-likeness (QED) is 0.535. The van der Waals surface area contributed by atoms with Gasteiger partial charge in [0.2, 0.25) is 11.5 Å². The zero-order valence-electron chi connectivity index (χ0n) is 16.0. The van der Waals surface area contributed by atoms with Crippen LogP contribution in [-0.2, 0) is 9.53 Å². The number of methoxy groups -OCH3 is 4. The number of ether oxygens (including phenoxy) is 4. The monoisotopic (exact) mass is 408 g/mol. The van der Waals surface area contributed by atoms with E-state index < -0.39 is 23.7 Å². The number of Topliss-reactive ketones (excluding diaryl/α,β-unsaturated/α-hetero) is 1. The lowest BCUT2D eigenvalue weighted by molar-refractivity contribution is -0.147. The maximum absolute atomic E-state index is 12.8. The molecule has 0 saturated heterocycles. The van der Waals surface area contributed by atoms with Gasteiger partial charge in [-0.2, -0.15) is 0 Å². The first-order chi connectivity index (χ1) is 13.5. The normalized spacial score (nSPS) is 21.0. The molecule has 0 spiro atoms. The van der Waals surface area contributed by atoms with Crippen molar-refractivity contribution in [3.63, 3.8) is 0 Å². The number of alkyl halides is 1. The summed E-state index contributed by atoms with van der Waals surface area (Å²) < 4.78 is 26.7. The van der Waals surface area contributed by atoms with E-state index in [2.05, 4.69) is 0 Å². The van der Waals surface area contributed by atoms with Crippen molar-refractivity contribution in [2.24, 2.45) is 11.8 Å². The summed E-state index contributed by atoms with van der Waals surface area (Å²) in [4.78, 5) is 25.5. The molecule has 1 aliphatic carbocycles. The van der Waals surface area contributed by atoms with Gasteiger partial charge in [0.15, 0.2) is 17.3 Å². The number of esters is 1. The summed E-state index contributed by atoms with van der Waals surface area (Å²) in [5.41, 5.74) is 1.28. The Balaban J connectivity index is 2.26. The van der Waals surface area contributed by atoms with E-state index in [4.69, 9.17) is 35.0 Å². The molecule has 3 rings (SSSR count). The van der Waals surface area contributed by atoms with Crippen molar-refractivity contribution in [3.05, 3.63) is 41.3 Å². The van der Waals surface area contributed by atoms with Crippen molar-refractivity contribution >= 4 is 23.4 Å². The van der Waals surface area contributed by atoms with Gasteiger partial charge in [-0.1, -0.05) is 0 Å². The van der Waals surface area contributed by atoms with Crippen LogP contribution in [0.2, 0.25) is 0 Å². The number of carbonyl (C=O) groups is 2. The fourth-order valence-electron chi connectivity index (χ4n) is 3.79. The van der Waals surface area contributed by atoms with E-state index >= 15 is 0 Å². The minimum Gasteiger partial charge on any atom is -0.493 e. The maximum Gasteiger partial charge on any atom is 0.310 e. The summed E-state index contributed by atoms with van der Waals surface area (Å²) in [6.07, 6.45) is 1.43. The molecule has 150 valence electrons. The number of hydrogen-bond donors (Lipinski definition) is 0. The Hall–Kier alpha value is -2.67. The molecule has 0 fully saturated rings. The third-order valence-corrected chi connectivity index (χ3v) is 5.40. The Morgan fingerprint density at radius 1 is 1.11 bits per heavy atom. The summed E-state index contributed by atoms with van der Waals surface area (Å²) in [6.45, 7) is 0. The molecule has 1 aromatic carbocycles. The zero-order valence-corrected chi connectivity index (χ0v) is 16.7. The molecule has 0 radical (unpaired) electrons. The van der Waals surface area contributed by atoms with E-state index in [1.165, 1.54) is 34.7 Å². The van der Waals surface area contributed by atoms with Gasteiger partial charge in [-0.3, -0.25) is 9.59 Å². The molecule has 7 nitrogen and oxygen atoms in total. The van der Waals surface area contributed by atoms with Crippen molar-refractivity contribution in [1.82, 2.24) is 0 Å². The Kier molecular flexibility index (Phi) is 5.84. The lowest BCUT2D eigenvalue weighted by atomic mass is 9.68. The number of furan rings is 1. The highest BCUT2D eigenvalue weighted by Crippen LogP contribution is 2.48. The maximum atomic E-state index is 12.8. The molecule has 0 bridgehead atoms. The van der Waals surface area contributed by atoms with Gasteiger partial charge in [-0.05, 0) is 23.8 Å².